The normalized spacial score (nSPS) is 17.3. The van der Waals surface area contributed by atoms with E-state index in [-0.39, 0.29) is 95.9 Å². The molecular weight excluding hydrogens is 1080 g/mol. The van der Waals surface area contributed by atoms with E-state index in [2.05, 4.69) is 22.1 Å². The first-order valence-electron chi connectivity index (χ1n) is 25.3. The minimum atomic E-state index is -3.68. The Labute approximate surface area is 451 Å². The van der Waals surface area contributed by atoms with Gasteiger partial charge < -0.3 is 34.5 Å². The number of halogens is 4. The number of hydrogen-bond donors (Lipinski definition) is 2. The largest absolute Gasteiger partial charge is 0.506 e. The van der Waals surface area contributed by atoms with Gasteiger partial charge in [-0.1, -0.05) is 26.0 Å². The van der Waals surface area contributed by atoms with Gasteiger partial charge in [-0.3, -0.25) is 9.59 Å². The summed E-state index contributed by atoms with van der Waals surface area (Å²) in [4.78, 5) is 34.7. The van der Waals surface area contributed by atoms with Gasteiger partial charge in [0, 0.05) is 75.3 Å². The Hall–Kier alpha value is -7.55. The number of ether oxygens (including phenoxy) is 2. The summed E-state index contributed by atoms with van der Waals surface area (Å²) in [5.74, 6) is -3.90. The smallest absolute Gasteiger partial charge is 0.316 e. The van der Waals surface area contributed by atoms with E-state index in [1.807, 2.05) is 16.7 Å². The molecule has 2 aliphatic heterocycles. The minimum Gasteiger partial charge on any atom is -0.506 e. The van der Waals surface area contributed by atoms with Crippen LogP contribution in [0.15, 0.2) is 106 Å². The number of sulfonamides is 2. The van der Waals surface area contributed by atoms with Crippen molar-refractivity contribution in [3.8, 4) is 28.6 Å². The van der Waals surface area contributed by atoms with Crippen molar-refractivity contribution in [3.63, 3.8) is 0 Å². The molecule has 3 aromatic heterocycles. The van der Waals surface area contributed by atoms with Crippen molar-refractivity contribution in [2.75, 3.05) is 81.1 Å². The Kier molecular flexibility index (Phi) is 15.0. The van der Waals surface area contributed by atoms with Crippen molar-refractivity contribution >= 4 is 48.2 Å². The van der Waals surface area contributed by atoms with Gasteiger partial charge in [-0.2, -0.15) is 28.2 Å². The molecule has 4 aliphatic rings. The van der Waals surface area contributed by atoms with E-state index in [4.69, 9.17) is 19.6 Å². The lowest BCUT2D eigenvalue weighted by Crippen LogP contribution is -2.49. The third-order valence-electron chi connectivity index (χ3n) is 14.5. The van der Waals surface area contributed by atoms with E-state index in [9.17, 15) is 49.1 Å². The number of aromatic hydroxyl groups is 1. The molecule has 2 saturated carbocycles. The number of phenols is 1. The molecule has 26 heteroatoms. The summed E-state index contributed by atoms with van der Waals surface area (Å²) >= 11 is 0. The van der Waals surface area contributed by atoms with Crippen LogP contribution in [0.4, 0.5) is 34.6 Å². The fraction of sp³-hybridized carbons (Fsp3) is 0.377. The van der Waals surface area contributed by atoms with Gasteiger partial charge in [-0.15, -0.1) is 0 Å². The Bertz CT molecular complexity index is 3760. The Balaban J connectivity index is 0.000000178. The topological polar surface area (TPSA) is 242 Å². The highest BCUT2D eigenvalue weighted by atomic mass is 32.2. The first-order chi connectivity index (χ1) is 37.5. The number of anilines is 3. The van der Waals surface area contributed by atoms with Crippen LogP contribution in [0.25, 0.3) is 22.5 Å². The average Bonchev–Trinajstić information content (AvgIpc) is 4.34. The monoisotopic (exact) mass is 1130 g/mol. The van der Waals surface area contributed by atoms with E-state index < -0.39 is 54.4 Å². The summed E-state index contributed by atoms with van der Waals surface area (Å²) in [6.45, 7) is 6.54. The maximum atomic E-state index is 13.9. The van der Waals surface area contributed by atoms with Crippen LogP contribution >= 0.6 is 0 Å². The molecule has 0 atom stereocenters. The van der Waals surface area contributed by atoms with Crippen molar-refractivity contribution in [3.05, 3.63) is 147 Å². The highest BCUT2D eigenvalue weighted by molar-refractivity contribution is 7.88. The highest BCUT2D eigenvalue weighted by Gasteiger charge is 2.40. The van der Waals surface area contributed by atoms with Crippen molar-refractivity contribution in [2.24, 2.45) is 10.8 Å². The molecule has 0 bridgehead atoms. The molecule has 11 rings (SSSR count). The zero-order valence-electron chi connectivity index (χ0n) is 43.0. The molecule has 3 N–H and O–H groups in total. The van der Waals surface area contributed by atoms with Crippen LogP contribution < -0.4 is 36.1 Å². The lowest BCUT2D eigenvalue weighted by atomic mass is 10.2. The molecule has 0 amide bonds. The fourth-order valence-corrected chi connectivity index (χ4v) is 12.2. The zero-order chi connectivity index (χ0) is 56.0. The van der Waals surface area contributed by atoms with Gasteiger partial charge in [-0.25, -0.2) is 39.4 Å². The molecule has 4 fully saturated rings. The first-order valence-corrected chi connectivity index (χ1v) is 28.5. The number of phenolic OH excluding ortho intramolecular Hbond substituents is 1. The molecule has 7 aromatic rings. The number of nitrogens with two attached hydrogens (primary N) is 1. The molecule has 2 aliphatic carbocycles. The van der Waals surface area contributed by atoms with Gasteiger partial charge in [-0.05, 0) is 85.3 Å². The van der Waals surface area contributed by atoms with Crippen molar-refractivity contribution in [1.82, 2.24) is 33.2 Å². The molecule has 418 valence electrons. The molecule has 5 heterocycles. The van der Waals surface area contributed by atoms with Crippen LogP contribution in [0, 0.1) is 34.1 Å². The zero-order valence-corrected chi connectivity index (χ0v) is 44.7. The lowest BCUT2D eigenvalue weighted by molar-refractivity contribution is 0.242. The van der Waals surface area contributed by atoms with Gasteiger partial charge in [0.1, 0.15) is 45.9 Å². The van der Waals surface area contributed by atoms with Gasteiger partial charge >= 0.3 is 11.1 Å². The molecular formula is C53H56F4N10O10S2. The number of oxazole rings is 1. The number of piperazine rings is 2. The second-order valence-corrected chi connectivity index (χ2v) is 24.9. The Morgan fingerprint density at radius 2 is 1.03 bits per heavy atom. The fourth-order valence-electron chi connectivity index (χ4n) is 9.18. The van der Waals surface area contributed by atoms with Crippen LogP contribution in [-0.2, 0) is 31.6 Å². The number of rotatable bonds is 16. The molecule has 79 heavy (non-hydrogen) atoms. The minimum absolute atomic E-state index is 0.00123. The molecule has 20 nitrogen and oxygen atoms in total. The quantitative estimate of drug-likeness (QED) is 0.0630. The summed E-state index contributed by atoms with van der Waals surface area (Å²) < 4.78 is 130. The van der Waals surface area contributed by atoms with Gasteiger partial charge in [0.2, 0.25) is 31.5 Å². The number of hydrogen-bond acceptors (Lipinski definition) is 16. The lowest BCUT2D eigenvalue weighted by Gasteiger charge is -2.35. The number of benzene rings is 4. The molecule has 2 saturated heterocycles. The second kappa shape index (κ2) is 21.6. The standard InChI is InChI=1S/C27H27F2N5O5S.C26H29F2N5O5S/c1-27(4-5-27)16-38-25-23(14-31-34(26(25)35)21-12-19(28)11-20(29)13-21)32-6-8-33(9-7-32)40(36,37)15-18-2-3-24-22(10-18)30-17-39-24;1-26(4-5-26)16-38-24-22(14-30-33(25(24)35)20-12-18(27)11-19(28)13-20)31-6-8-32(9-7-31)39(36,37)15-17-2-3-23(34)21(29)10-17/h2-3,10-14,17H,4-9,15-16H2,1H3;2-3,10-14,34H,4-9,15-16,29H2,1H3. The summed E-state index contributed by atoms with van der Waals surface area (Å²) in [6.07, 6.45) is 7.99. The molecule has 0 unspecified atom stereocenters. The van der Waals surface area contributed by atoms with Crippen LogP contribution in [0.1, 0.15) is 50.7 Å². The first kappa shape index (κ1) is 54.8. The van der Waals surface area contributed by atoms with Gasteiger partial charge in [0.05, 0.1) is 54.2 Å². The van der Waals surface area contributed by atoms with Crippen LogP contribution in [0.5, 0.6) is 17.2 Å². The highest BCUT2D eigenvalue weighted by Crippen LogP contribution is 2.46. The summed E-state index contributed by atoms with van der Waals surface area (Å²) in [7, 11) is -7.30. The van der Waals surface area contributed by atoms with Crippen LogP contribution in [0.3, 0.4) is 0 Å². The van der Waals surface area contributed by atoms with Gasteiger partial charge in [0.15, 0.2) is 12.0 Å². The maximum absolute atomic E-state index is 13.9. The number of nitrogens with zero attached hydrogens (tertiary/aromatic N) is 9. The maximum Gasteiger partial charge on any atom is 0.316 e. The van der Waals surface area contributed by atoms with E-state index in [0.717, 1.165) is 59.3 Å². The molecule has 4 aromatic carbocycles. The third kappa shape index (κ3) is 12.5. The predicted molar refractivity (Wildman–Crippen MR) is 285 cm³/mol. The molecule has 0 radical (unpaired) electrons. The van der Waals surface area contributed by atoms with Crippen molar-refractivity contribution < 1.29 is 53.4 Å². The number of aromatic nitrogens is 5. The Morgan fingerprint density at radius 1 is 0.608 bits per heavy atom. The summed E-state index contributed by atoms with van der Waals surface area (Å²) in [5, 5.41) is 17.9. The predicted octanol–water partition coefficient (Wildman–Crippen LogP) is 6.11. The third-order valence-corrected chi connectivity index (χ3v) is 18.2. The summed E-state index contributed by atoms with van der Waals surface area (Å²) in [5.41, 5.74) is 7.31. The van der Waals surface area contributed by atoms with E-state index in [1.54, 1.807) is 18.2 Å². The SMILES string of the molecule is CC1(COc2c(N3CCN(S(=O)(=O)Cc4ccc(O)c(N)c4)CC3)cnn(-c3cc(F)cc(F)c3)c2=O)CC1.CC1(COc2c(N3CCN(S(=O)(=O)Cc4ccc5ocnc5c4)CC3)cnn(-c3cc(F)cc(F)c3)c2=O)CC1. The Morgan fingerprint density at radius 3 is 1.44 bits per heavy atom. The van der Waals surface area contributed by atoms with E-state index >= 15 is 0 Å². The summed E-state index contributed by atoms with van der Waals surface area (Å²) in [6, 6.07) is 14.9. The second-order valence-electron chi connectivity index (χ2n) is 20.9. The van der Waals surface area contributed by atoms with Crippen LogP contribution in [0.2, 0.25) is 0 Å². The van der Waals surface area contributed by atoms with Crippen molar-refractivity contribution in [2.45, 2.75) is 51.0 Å². The van der Waals surface area contributed by atoms with Gasteiger partial charge in [0.25, 0.3) is 0 Å². The van der Waals surface area contributed by atoms with Crippen molar-refractivity contribution in [1.29, 1.82) is 0 Å². The number of fused-ring (bicyclic) bond motifs is 1. The van der Waals surface area contributed by atoms with Crippen LogP contribution in [-0.4, -0.2) is 121 Å². The van der Waals surface area contributed by atoms with E-state index in [1.165, 1.54) is 45.6 Å². The molecule has 0 spiro atoms. The number of nitrogen functional groups attached to an aromatic ring is 1. The van der Waals surface area contributed by atoms with E-state index in [0.29, 0.717) is 72.0 Å². The average molecular weight is 1130 g/mol.